The van der Waals surface area contributed by atoms with Crippen LogP contribution in [0.4, 0.5) is 0 Å². The molecule has 0 radical (unpaired) electrons. The van der Waals surface area contributed by atoms with E-state index in [4.69, 9.17) is 27.4 Å². The molecular formula is C22H39N7O9. The second-order valence-electron chi connectivity index (χ2n) is 9.07. The summed E-state index contributed by atoms with van der Waals surface area (Å²) in [6, 6.07) is -5.20. The zero-order valence-electron chi connectivity index (χ0n) is 21.5. The predicted octanol–water partition coefficient (Wildman–Crippen LogP) is -2.32. The smallest absolute Gasteiger partial charge is 0.326 e. The van der Waals surface area contributed by atoms with Gasteiger partial charge in [0, 0.05) is 19.4 Å². The molecule has 0 aliphatic heterocycles. The van der Waals surface area contributed by atoms with Crippen LogP contribution in [0.25, 0.3) is 0 Å². The molecule has 3 amide bonds. The molecule has 16 nitrogen and oxygen atoms in total. The zero-order valence-corrected chi connectivity index (χ0v) is 21.5. The third-order valence-corrected chi connectivity index (χ3v) is 5.19. The molecule has 4 atom stereocenters. The van der Waals surface area contributed by atoms with Crippen LogP contribution in [0.1, 0.15) is 58.8 Å². The van der Waals surface area contributed by atoms with E-state index in [2.05, 4.69) is 20.9 Å². The second-order valence-corrected chi connectivity index (χ2v) is 9.07. The van der Waals surface area contributed by atoms with E-state index in [0.717, 1.165) is 0 Å². The molecule has 0 spiro atoms. The number of carboxylic acids is 3. The van der Waals surface area contributed by atoms with Crippen molar-refractivity contribution in [2.24, 2.45) is 28.1 Å². The fourth-order valence-electron chi connectivity index (χ4n) is 3.24. The summed E-state index contributed by atoms with van der Waals surface area (Å²) in [4.78, 5) is 75.5. The number of hydrogen-bond acceptors (Lipinski definition) is 8. The van der Waals surface area contributed by atoms with Crippen molar-refractivity contribution in [1.82, 2.24) is 16.0 Å². The maximum Gasteiger partial charge on any atom is 0.326 e. The number of aliphatic imine (C=N–C) groups is 1. The number of carbonyl (C=O) groups excluding carboxylic acids is 3. The van der Waals surface area contributed by atoms with Crippen LogP contribution in [0.3, 0.4) is 0 Å². The molecule has 0 bridgehead atoms. The van der Waals surface area contributed by atoms with Crippen molar-refractivity contribution in [3.63, 3.8) is 0 Å². The van der Waals surface area contributed by atoms with Crippen LogP contribution < -0.4 is 33.2 Å². The van der Waals surface area contributed by atoms with Crippen molar-refractivity contribution in [2.75, 3.05) is 6.54 Å². The SMILES string of the molecule is CC(C)CC(NC(=O)C(CCC(=O)O)NC(=O)C(CCCN=C(N)N)NC(=O)C(N)CCC(=O)O)C(=O)O. The van der Waals surface area contributed by atoms with E-state index < -0.39 is 66.2 Å². The molecule has 0 aromatic heterocycles. The number of nitrogens with two attached hydrogens (primary N) is 3. The van der Waals surface area contributed by atoms with Gasteiger partial charge in [-0.25, -0.2) is 4.79 Å². The normalized spacial score (nSPS) is 13.9. The Hall–Kier alpha value is -3.95. The summed E-state index contributed by atoms with van der Waals surface area (Å²) in [6.07, 6.45) is -1.15. The van der Waals surface area contributed by atoms with E-state index in [1.54, 1.807) is 13.8 Å². The fourth-order valence-corrected chi connectivity index (χ4v) is 3.24. The Bertz CT molecular complexity index is 875. The van der Waals surface area contributed by atoms with Crippen LogP contribution in [0.15, 0.2) is 4.99 Å². The van der Waals surface area contributed by atoms with Crippen molar-refractivity contribution in [2.45, 2.75) is 83.0 Å². The van der Waals surface area contributed by atoms with Gasteiger partial charge in [-0.2, -0.15) is 0 Å². The first kappa shape index (κ1) is 34.0. The molecule has 16 heteroatoms. The highest BCUT2D eigenvalue weighted by molar-refractivity contribution is 5.94. The molecule has 0 saturated carbocycles. The lowest BCUT2D eigenvalue weighted by Gasteiger charge is -2.25. The van der Waals surface area contributed by atoms with Crippen LogP contribution in [-0.2, 0) is 28.8 Å². The standard InChI is InChI=1S/C22H39N7O9/c1-11(2)10-15(21(37)38)29-20(36)14(6-8-17(32)33)28-19(35)13(4-3-9-26-22(24)25)27-18(34)12(23)5-7-16(30)31/h11-15H,3-10,23H2,1-2H3,(H,27,34)(H,28,35)(H,29,36)(H,30,31)(H,32,33)(H,37,38)(H4,24,25,26). The highest BCUT2D eigenvalue weighted by Crippen LogP contribution is 2.08. The number of nitrogens with one attached hydrogen (secondary N) is 3. The molecule has 0 rings (SSSR count). The lowest BCUT2D eigenvalue weighted by atomic mass is 10.0. The number of nitrogens with zero attached hydrogens (tertiary/aromatic N) is 1. The van der Waals surface area contributed by atoms with E-state index in [9.17, 15) is 33.9 Å². The van der Waals surface area contributed by atoms with Gasteiger partial charge in [0.1, 0.15) is 18.1 Å². The number of carbonyl (C=O) groups is 6. The minimum atomic E-state index is -1.43. The number of guanidine groups is 1. The van der Waals surface area contributed by atoms with Gasteiger partial charge in [-0.1, -0.05) is 13.8 Å². The average molecular weight is 546 g/mol. The molecule has 0 aromatic rings. The van der Waals surface area contributed by atoms with Crippen LogP contribution >= 0.6 is 0 Å². The van der Waals surface area contributed by atoms with E-state index in [1.807, 2.05) is 0 Å². The third-order valence-electron chi connectivity index (χ3n) is 5.19. The quantitative estimate of drug-likeness (QED) is 0.0469. The van der Waals surface area contributed by atoms with Crippen LogP contribution in [0.2, 0.25) is 0 Å². The van der Waals surface area contributed by atoms with Gasteiger partial charge in [0.15, 0.2) is 5.96 Å². The topological polar surface area (TPSA) is 290 Å². The summed E-state index contributed by atoms with van der Waals surface area (Å²) in [5.74, 6) is -6.57. The number of amides is 3. The molecule has 216 valence electrons. The highest BCUT2D eigenvalue weighted by atomic mass is 16.4. The maximum absolute atomic E-state index is 13.1. The van der Waals surface area contributed by atoms with Crippen molar-refractivity contribution in [3.05, 3.63) is 0 Å². The van der Waals surface area contributed by atoms with Gasteiger partial charge in [0.25, 0.3) is 0 Å². The molecule has 0 saturated heterocycles. The van der Waals surface area contributed by atoms with E-state index in [1.165, 1.54) is 0 Å². The summed E-state index contributed by atoms with van der Waals surface area (Å²) >= 11 is 0. The van der Waals surface area contributed by atoms with Crippen LogP contribution in [-0.4, -0.2) is 87.6 Å². The highest BCUT2D eigenvalue weighted by Gasteiger charge is 2.30. The maximum atomic E-state index is 13.1. The first-order chi connectivity index (χ1) is 17.6. The van der Waals surface area contributed by atoms with Crippen molar-refractivity contribution in [3.8, 4) is 0 Å². The Labute approximate surface area is 219 Å². The molecule has 0 aliphatic carbocycles. The van der Waals surface area contributed by atoms with E-state index >= 15 is 0 Å². The molecule has 4 unspecified atom stereocenters. The summed E-state index contributed by atoms with van der Waals surface area (Å²) in [6.45, 7) is 3.61. The Kier molecular flexibility index (Phi) is 15.7. The number of hydrogen-bond donors (Lipinski definition) is 9. The monoisotopic (exact) mass is 545 g/mol. The van der Waals surface area contributed by atoms with Crippen LogP contribution in [0, 0.1) is 5.92 Å². The summed E-state index contributed by atoms with van der Waals surface area (Å²) < 4.78 is 0. The predicted molar refractivity (Wildman–Crippen MR) is 135 cm³/mol. The number of carboxylic acid groups (broad SMARTS) is 3. The molecule has 0 fully saturated rings. The number of aliphatic carboxylic acids is 3. The zero-order chi connectivity index (χ0) is 29.4. The molecule has 0 heterocycles. The van der Waals surface area contributed by atoms with Gasteiger partial charge in [0.2, 0.25) is 17.7 Å². The minimum absolute atomic E-state index is 0.0155. The molecule has 0 aromatic carbocycles. The largest absolute Gasteiger partial charge is 0.481 e. The first-order valence-electron chi connectivity index (χ1n) is 12.0. The first-order valence-corrected chi connectivity index (χ1v) is 12.0. The van der Waals surface area contributed by atoms with E-state index in [-0.39, 0.29) is 56.9 Å². The van der Waals surface area contributed by atoms with Gasteiger partial charge in [-0.05, 0) is 38.0 Å². The van der Waals surface area contributed by atoms with Crippen molar-refractivity contribution in [1.29, 1.82) is 0 Å². The Morgan fingerprint density at radius 2 is 1.21 bits per heavy atom. The fraction of sp³-hybridized carbons (Fsp3) is 0.682. The summed E-state index contributed by atoms with van der Waals surface area (Å²) in [5, 5.41) is 34.3. The van der Waals surface area contributed by atoms with Crippen molar-refractivity contribution >= 4 is 41.6 Å². The van der Waals surface area contributed by atoms with Gasteiger partial charge in [-0.3, -0.25) is 29.0 Å². The average Bonchev–Trinajstić information content (AvgIpc) is 2.80. The van der Waals surface area contributed by atoms with E-state index in [0.29, 0.717) is 0 Å². The summed E-state index contributed by atoms with van der Waals surface area (Å²) in [5.41, 5.74) is 16.3. The second kappa shape index (κ2) is 17.5. The molecule has 12 N–H and O–H groups in total. The summed E-state index contributed by atoms with van der Waals surface area (Å²) in [7, 11) is 0. The number of rotatable bonds is 19. The van der Waals surface area contributed by atoms with Gasteiger partial charge >= 0.3 is 17.9 Å². The minimum Gasteiger partial charge on any atom is -0.481 e. The molecule has 38 heavy (non-hydrogen) atoms. The molecular weight excluding hydrogens is 506 g/mol. The molecule has 0 aliphatic rings. The Morgan fingerprint density at radius 3 is 1.68 bits per heavy atom. The van der Waals surface area contributed by atoms with Crippen LogP contribution in [0.5, 0.6) is 0 Å². The van der Waals surface area contributed by atoms with Gasteiger partial charge in [-0.15, -0.1) is 0 Å². The van der Waals surface area contributed by atoms with Gasteiger partial charge < -0.3 is 48.5 Å². The third kappa shape index (κ3) is 15.2. The Balaban J connectivity index is 5.69. The Morgan fingerprint density at radius 1 is 0.737 bits per heavy atom. The lowest BCUT2D eigenvalue weighted by molar-refractivity contribution is -0.143. The van der Waals surface area contributed by atoms with Gasteiger partial charge in [0.05, 0.1) is 6.04 Å². The van der Waals surface area contributed by atoms with Crippen molar-refractivity contribution < 1.29 is 44.1 Å². The lowest BCUT2D eigenvalue weighted by Crippen LogP contribution is -2.57.